The van der Waals surface area contributed by atoms with Crippen LogP contribution < -0.4 is 4.74 Å². The smallest absolute Gasteiger partial charge is 0.151 e. The summed E-state index contributed by atoms with van der Waals surface area (Å²) in [5.41, 5.74) is -0.0965. The van der Waals surface area contributed by atoms with Gasteiger partial charge < -0.3 is 4.74 Å². The lowest BCUT2D eigenvalue weighted by Crippen LogP contribution is -1.94. The third kappa shape index (κ3) is 2.58. The van der Waals surface area contributed by atoms with Gasteiger partial charge in [-0.2, -0.15) is 0 Å². The molecular weight excluding hydrogens is 210 g/mol. The van der Waals surface area contributed by atoms with E-state index < -0.39 is 11.6 Å². The van der Waals surface area contributed by atoms with Crippen LogP contribution in [-0.4, -0.2) is 7.11 Å². The topological polar surface area (TPSA) is 9.23 Å². The summed E-state index contributed by atoms with van der Waals surface area (Å²) in [4.78, 5) is 0. The van der Waals surface area contributed by atoms with Gasteiger partial charge in [0.1, 0.15) is 16.6 Å². The summed E-state index contributed by atoms with van der Waals surface area (Å²) < 4.78 is 30.5. The van der Waals surface area contributed by atoms with Crippen molar-refractivity contribution in [3.8, 4) is 5.75 Å². The molecule has 0 atom stereocenters. The van der Waals surface area contributed by atoms with Crippen LogP contribution in [-0.2, 0) is 0 Å². The molecular formula is C10H13ClF2O. The zero-order valence-corrected chi connectivity index (χ0v) is 9.38. The van der Waals surface area contributed by atoms with Crippen molar-refractivity contribution in [2.75, 3.05) is 7.11 Å². The summed E-state index contributed by atoms with van der Waals surface area (Å²) in [5.74, 6) is -1.42. The second-order valence-electron chi connectivity index (χ2n) is 2.31. The quantitative estimate of drug-likeness (QED) is 0.654. The lowest BCUT2D eigenvalue weighted by Gasteiger charge is -2.06. The predicted octanol–water partition coefficient (Wildman–Crippen LogP) is 3.96. The minimum Gasteiger partial charge on any atom is -0.495 e. The summed E-state index contributed by atoms with van der Waals surface area (Å²) in [5, 5.41) is -0.184. The molecule has 1 aromatic rings. The number of hydrogen-bond acceptors (Lipinski definition) is 1. The van der Waals surface area contributed by atoms with Gasteiger partial charge in [-0.05, 0) is 6.92 Å². The van der Waals surface area contributed by atoms with Gasteiger partial charge in [-0.25, -0.2) is 8.78 Å². The minimum absolute atomic E-state index is 0.0114. The van der Waals surface area contributed by atoms with Gasteiger partial charge in [0.15, 0.2) is 5.82 Å². The van der Waals surface area contributed by atoms with Gasteiger partial charge in [0.2, 0.25) is 0 Å². The zero-order chi connectivity index (χ0) is 11.3. The van der Waals surface area contributed by atoms with Crippen LogP contribution in [0.25, 0.3) is 0 Å². The molecule has 0 aliphatic carbocycles. The van der Waals surface area contributed by atoms with Gasteiger partial charge in [-0.1, -0.05) is 25.4 Å². The van der Waals surface area contributed by atoms with E-state index in [4.69, 9.17) is 11.6 Å². The van der Waals surface area contributed by atoms with Gasteiger partial charge in [0.05, 0.1) is 7.11 Å². The number of halogens is 3. The van der Waals surface area contributed by atoms with Crippen LogP contribution >= 0.6 is 11.6 Å². The van der Waals surface area contributed by atoms with Crippen LogP contribution in [0.5, 0.6) is 5.75 Å². The monoisotopic (exact) mass is 222 g/mol. The average molecular weight is 223 g/mol. The van der Waals surface area contributed by atoms with Crippen molar-refractivity contribution in [1.82, 2.24) is 0 Å². The fourth-order valence-electron chi connectivity index (χ4n) is 0.813. The molecule has 0 aromatic heterocycles. The molecule has 0 radical (unpaired) electrons. The van der Waals surface area contributed by atoms with E-state index in [1.54, 1.807) is 0 Å². The molecule has 1 nitrogen and oxygen atoms in total. The predicted molar refractivity (Wildman–Crippen MR) is 54.0 cm³/mol. The molecule has 0 saturated heterocycles. The van der Waals surface area contributed by atoms with E-state index in [1.807, 2.05) is 13.8 Å². The maximum Gasteiger partial charge on any atom is 0.151 e. The van der Waals surface area contributed by atoms with Crippen molar-refractivity contribution in [2.45, 2.75) is 20.8 Å². The summed E-state index contributed by atoms with van der Waals surface area (Å²) in [6, 6.07) is 1.06. The number of ether oxygens (including phenoxy) is 1. The Labute approximate surface area is 87.6 Å². The van der Waals surface area contributed by atoms with Crippen LogP contribution in [0.3, 0.4) is 0 Å². The largest absolute Gasteiger partial charge is 0.495 e. The average Bonchev–Trinajstić information content (AvgIpc) is 2.23. The number of benzene rings is 1. The molecule has 14 heavy (non-hydrogen) atoms. The molecule has 0 fully saturated rings. The van der Waals surface area contributed by atoms with Crippen molar-refractivity contribution in [3.05, 3.63) is 28.3 Å². The van der Waals surface area contributed by atoms with Crippen LogP contribution in [0.1, 0.15) is 19.4 Å². The first-order chi connectivity index (χ1) is 6.57. The molecule has 0 spiro atoms. The Hall–Kier alpha value is -0.830. The minimum atomic E-state index is -0.770. The van der Waals surface area contributed by atoms with Crippen LogP contribution in [0.2, 0.25) is 5.02 Å². The molecule has 4 heteroatoms. The van der Waals surface area contributed by atoms with E-state index >= 15 is 0 Å². The van der Waals surface area contributed by atoms with E-state index in [0.717, 1.165) is 6.07 Å². The summed E-state index contributed by atoms with van der Waals surface area (Å²) in [7, 11) is 1.30. The highest BCUT2D eigenvalue weighted by molar-refractivity contribution is 6.32. The highest BCUT2D eigenvalue weighted by atomic mass is 35.5. The SMILES string of the molecule is CC.COc1cc(F)c(C)c(F)c1Cl. The highest BCUT2D eigenvalue weighted by Gasteiger charge is 2.13. The van der Waals surface area contributed by atoms with Crippen LogP contribution in [0.4, 0.5) is 8.78 Å². The fraction of sp³-hybridized carbons (Fsp3) is 0.400. The van der Waals surface area contributed by atoms with Crippen molar-refractivity contribution >= 4 is 11.6 Å². The Balaban J connectivity index is 0.000000791. The first-order valence-corrected chi connectivity index (χ1v) is 4.63. The number of hydrogen-bond donors (Lipinski definition) is 0. The summed E-state index contributed by atoms with van der Waals surface area (Å²) in [6.07, 6.45) is 0. The Morgan fingerprint density at radius 1 is 1.29 bits per heavy atom. The Bertz CT molecular complexity index is 313. The lowest BCUT2D eigenvalue weighted by molar-refractivity contribution is 0.406. The van der Waals surface area contributed by atoms with Crippen molar-refractivity contribution in [1.29, 1.82) is 0 Å². The summed E-state index contributed by atoms with van der Waals surface area (Å²) in [6.45, 7) is 5.32. The molecule has 0 amide bonds. The molecule has 0 bridgehead atoms. The maximum absolute atomic E-state index is 13.0. The molecule has 1 rings (SSSR count). The first-order valence-electron chi connectivity index (χ1n) is 4.26. The van der Waals surface area contributed by atoms with E-state index in [0.29, 0.717) is 0 Å². The standard InChI is InChI=1S/C8H7ClF2O.C2H6/c1-4-5(10)3-6(12-2)7(9)8(4)11;1-2/h3H,1-2H3;1-2H3. The van der Waals surface area contributed by atoms with Gasteiger partial charge in [-0.15, -0.1) is 0 Å². The summed E-state index contributed by atoms with van der Waals surface area (Å²) >= 11 is 5.50. The van der Waals surface area contributed by atoms with E-state index in [1.165, 1.54) is 14.0 Å². The van der Waals surface area contributed by atoms with Crippen LogP contribution in [0, 0.1) is 18.6 Å². The Kier molecular flexibility index (Phi) is 5.46. The molecule has 1 aromatic carbocycles. The molecule has 0 N–H and O–H groups in total. The highest BCUT2D eigenvalue weighted by Crippen LogP contribution is 2.30. The van der Waals surface area contributed by atoms with Crippen molar-refractivity contribution < 1.29 is 13.5 Å². The zero-order valence-electron chi connectivity index (χ0n) is 8.62. The van der Waals surface area contributed by atoms with Gasteiger partial charge >= 0.3 is 0 Å². The van der Waals surface area contributed by atoms with E-state index in [9.17, 15) is 8.78 Å². The second-order valence-corrected chi connectivity index (χ2v) is 2.69. The molecule has 80 valence electrons. The Morgan fingerprint density at radius 3 is 2.21 bits per heavy atom. The van der Waals surface area contributed by atoms with Gasteiger partial charge in [0.25, 0.3) is 0 Å². The van der Waals surface area contributed by atoms with Crippen molar-refractivity contribution in [2.24, 2.45) is 0 Å². The number of rotatable bonds is 1. The molecule has 0 aliphatic rings. The third-order valence-corrected chi connectivity index (χ3v) is 1.93. The van der Waals surface area contributed by atoms with Crippen LogP contribution in [0.15, 0.2) is 6.07 Å². The lowest BCUT2D eigenvalue weighted by atomic mass is 10.2. The molecule has 0 heterocycles. The van der Waals surface area contributed by atoms with Gasteiger partial charge in [-0.3, -0.25) is 0 Å². The second kappa shape index (κ2) is 5.81. The molecule has 0 aliphatic heterocycles. The third-order valence-electron chi connectivity index (χ3n) is 1.57. The van der Waals surface area contributed by atoms with E-state index in [-0.39, 0.29) is 16.3 Å². The molecule has 0 unspecified atom stereocenters. The molecule has 0 saturated carbocycles. The number of methoxy groups -OCH3 is 1. The maximum atomic E-state index is 13.0. The van der Waals surface area contributed by atoms with E-state index in [2.05, 4.69) is 4.74 Å². The normalized spacial score (nSPS) is 9.07. The van der Waals surface area contributed by atoms with Crippen molar-refractivity contribution in [3.63, 3.8) is 0 Å². The first kappa shape index (κ1) is 13.2. The fourth-order valence-corrected chi connectivity index (χ4v) is 1.09. The van der Waals surface area contributed by atoms with Gasteiger partial charge in [0, 0.05) is 11.6 Å². The Morgan fingerprint density at radius 2 is 1.79 bits per heavy atom.